The van der Waals surface area contributed by atoms with E-state index in [1.165, 1.54) is 0 Å². The van der Waals surface area contributed by atoms with Crippen LogP contribution in [0.15, 0.2) is 35.6 Å². The van der Waals surface area contributed by atoms with Crippen molar-refractivity contribution in [1.82, 2.24) is 9.55 Å². The van der Waals surface area contributed by atoms with E-state index in [0.29, 0.717) is 5.02 Å². The predicted octanol–water partition coefficient (Wildman–Crippen LogP) is 3.55. The Labute approximate surface area is 122 Å². The number of hydrogen-bond acceptors (Lipinski definition) is 3. The number of benzene rings is 1. The van der Waals surface area contributed by atoms with Crippen molar-refractivity contribution in [3.63, 3.8) is 0 Å². The van der Waals surface area contributed by atoms with Gasteiger partial charge in [-0.15, -0.1) is 0 Å². The van der Waals surface area contributed by atoms with Gasteiger partial charge in [-0.2, -0.15) is 4.99 Å². The molecule has 2 aromatic rings. The van der Waals surface area contributed by atoms with E-state index < -0.39 is 5.54 Å². The Morgan fingerprint density at radius 1 is 1.45 bits per heavy atom. The van der Waals surface area contributed by atoms with Gasteiger partial charge in [0.15, 0.2) is 0 Å². The number of isocyanates is 1. The van der Waals surface area contributed by atoms with Crippen LogP contribution in [0.25, 0.3) is 5.69 Å². The molecule has 1 fully saturated rings. The summed E-state index contributed by atoms with van der Waals surface area (Å²) in [5, 5.41) is 0.635. The third kappa shape index (κ3) is 1.98. The van der Waals surface area contributed by atoms with Gasteiger partial charge >= 0.3 is 0 Å². The van der Waals surface area contributed by atoms with Gasteiger partial charge in [-0.25, -0.2) is 9.78 Å². The third-order valence-electron chi connectivity index (χ3n) is 4.01. The Hall–Kier alpha value is -1.90. The van der Waals surface area contributed by atoms with E-state index in [0.717, 1.165) is 36.3 Å². The van der Waals surface area contributed by atoms with Crippen molar-refractivity contribution in [3.8, 4) is 5.69 Å². The molecule has 1 heterocycles. The van der Waals surface area contributed by atoms with Crippen molar-refractivity contribution in [2.75, 3.05) is 0 Å². The minimum atomic E-state index is -0.409. The van der Waals surface area contributed by atoms with E-state index in [-0.39, 0.29) is 0 Å². The summed E-state index contributed by atoms with van der Waals surface area (Å²) < 4.78 is 1.93. The molecule has 102 valence electrons. The summed E-state index contributed by atoms with van der Waals surface area (Å²) in [6.45, 7) is 1.92. The Morgan fingerprint density at radius 3 is 2.75 bits per heavy atom. The number of nitrogens with zero attached hydrogens (tertiary/aromatic N) is 3. The fourth-order valence-corrected chi connectivity index (χ4v) is 2.96. The molecule has 0 aliphatic heterocycles. The number of rotatable bonds is 3. The molecule has 0 radical (unpaired) electrons. The van der Waals surface area contributed by atoms with Crippen LogP contribution in [0.3, 0.4) is 0 Å². The molecular weight excluding hydrogens is 274 g/mol. The molecule has 1 aliphatic rings. The van der Waals surface area contributed by atoms with E-state index in [2.05, 4.69) is 9.98 Å². The minimum absolute atomic E-state index is 0.409. The van der Waals surface area contributed by atoms with E-state index in [4.69, 9.17) is 11.6 Å². The van der Waals surface area contributed by atoms with Crippen LogP contribution in [0, 0.1) is 6.92 Å². The zero-order valence-electron chi connectivity index (χ0n) is 11.1. The zero-order chi connectivity index (χ0) is 14.2. The topological polar surface area (TPSA) is 47.2 Å². The van der Waals surface area contributed by atoms with Crippen LogP contribution in [0.1, 0.15) is 30.7 Å². The van der Waals surface area contributed by atoms with Gasteiger partial charge in [0.2, 0.25) is 6.08 Å². The number of imidazole rings is 1. The Kier molecular flexibility index (Phi) is 3.20. The largest absolute Gasteiger partial charge is 0.302 e. The lowest BCUT2D eigenvalue weighted by Crippen LogP contribution is -2.31. The van der Waals surface area contributed by atoms with E-state index in [1.54, 1.807) is 12.3 Å². The number of aliphatic imine (C=N–C) groups is 1. The summed E-state index contributed by atoms with van der Waals surface area (Å²) in [7, 11) is 0. The highest BCUT2D eigenvalue weighted by Crippen LogP contribution is 2.45. The maximum absolute atomic E-state index is 10.6. The molecule has 0 amide bonds. The first-order valence-electron chi connectivity index (χ1n) is 6.56. The molecule has 4 nitrogen and oxygen atoms in total. The third-order valence-corrected chi connectivity index (χ3v) is 4.31. The highest BCUT2D eigenvalue weighted by molar-refractivity contribution is 6.32. The molecule has 0 saturated heterocycles. The second-order valence-electron chi connectivity index (χ2n) is 5.10. The molecule has 1 aromatic heterocycles. The Balaban J connectivity index is 2.04. The summed E-state index contributed by atoms with van der Waals surface area (Å²) in [4.78, 5) is 18.8. The van der Waals surface area contributed by atoms with Gasteiger partial charge in [-0.3, -0.25) is 0 Å². The van der Waals surface area contributed by atoms with Gasteiger partial charge < -0.3 is 4.57 Å². The monoisotopic (exact) mass is 287 g/mol. The molecule has 1 aliphatic carbocycles. The van der Waals surface area contributed by atoms with Gasteiger partial charge in [-0.1, -0.05) is 17.7 Å². The number of aryl methyl sites for hydroxylation is 1. The lowest BCUT2D eigenvalue weighted by molar-refractivity contribution is 0.256. The average Bonchev–Trinajstić information content (AvgIpc) is 2.80. The van der Waals surface area contributed by atoms with Crippen molar-refractivity contribution in [2.45, 2.75) is 31.7 Å². The summed E-state index contributed by atoms with van der Waals surface area (Å²) in [6, 6.07) is 5.84. The van der Waals surface area contributed by atoms with Gasteiger partial charge in [0.05, 0.1) is 16.2 Å². The van der Waals surface area contributed by atoms with Crippen LogP contribution in [0.4, 0.5) is 0 Å². The Bertz CT molecular complexity index is 697. The zero-order valence-corrected chi connectivity index (χ0v) is 11.9. The summed E-state index contributed by atoms with van der Waals surface area (Å²) in [5.41, 5.74) is 1.46. The van der Waals surface area contributed by atoms with Crippen molar-refractivity contribution >= 4 is 17.7 Å². The van der Waals surface area contributed by atoms with Crippen LogP contribution in [-0.2, 0) is 10.3 Å². The van der Waals surface area contributed by atoms with Crippen molar-refractivity contribution in [3.05, 3.63) is 47.0 Å². The maximum Gasteiger partial charge on any atom is 0.235 e. The number of carbonyl (C=O) groups excluding carboxylic acids is 1. The van der Waals surface area contributed by atoms with Crippen LogP contribution in [-0.4, -0.2) is 15.6 Å². The smallest absolute Gasteiger partial charge is 0.235 e. The lowest BCUT2D eigenvalue weighted by atomic mass is 9.72. The number of halogens is 1. The normalized spacial score (nSPS) is 16.3. The highest BCUT2D eigenvalue weighted by atomic mass is 35.5. The maximum atomic E-state index is 10.6. The van der Waals surface area contributed by atoms with Gasteiger partial charge in [0.1, 0.15) is 5.82 Å². The molecule has 0 atom stereocenters. The quantitative estimate of drug-likeness (QED) is 0.640. The number of hydrogen-bond donors (Lipinski definition) is 0. The van der Waals surface area contributed by atoms with E-state index >= 15 is 0 Å². The molecule has 5 heteroatoms. The molecule has 0 spiro atoms. The van der Waals surface area contributed by atoms with Crippen molar-refractivity contribution in [1.29, 1.82) is 0 Å². The molecular formula is C15H14ClN3O. The Morgan fingerprint density at radius 2 is 2.25 bits per heavy atom. The lowest BCUT2D eigenvalue weighted by Gasteiger charge is -2.37. The van der Waals surface area contributed by atoms with Crippen molar-refractivity contribution in [2.24, 2.45) is 4.99 Å². The van der Waals surface area contributed by atoms with E-state index in [1.807, 2.05) is 35.9 Å². The molecule has 0 bridgehead atoms. The van der Waals surface area contributed by atoms with Gasteiger partial charge in [0, 0.05) is 12.4 Å². The van der Waals surface area contributed by atoms with Crippen LogP contribution in [0.5, 0.6) is 0 Å². The predicted molar refractivity (Wildman–Crippen MR) is 77.0 cm³/mol. The van der Waals surface area contributed by atoms with E-state index in [9.17, 15) is 4.79 Å². The fourth-order valence-electron chi connectivity index (χ4n) is 2.69. The summed E-state index contributed by atoms with van der Waals surface area (Å²) in [5.74, 6) is 0.879. The fraction of sp³-hybridized carbons (Fsp3) is 0.333. The van der Waals surface area contributed by atoms with Gasteiger partial charge in [-0.05, 0) is 43.9 Å². The first-order chi connectivity index (χ1) is 9.66. The second-order valence-corrected chi connectivity index (χ2v) is 5.51. The molecule has 20 heavy (non-hydrogen) atoms. The van der Waals surface area contributed by atoms with Crippen LogP contribution in [0.2, 0.25) is 5.02 Å². The average molecular weight is 288 g/mol. The SMILES string of the molecule is Cc1nccn1-c1ccc(C2(N=C=O)CCC2)cc1Cl. The number of aromatic nitrogens is 2. The van der Waals surface area contributed by atoms with Gasteiger partial charge in [0.25, 0.3) is 0 Å². The molecule has 0 N–H and O–H groups in total. The molecule has 3 rings (SSSR count). The van der Waals surface area contributed by atoms with Crippen LogP contribution >= 0.6 is 11.6 Å². The first-order valence-corrected chi connectivity index (χ1v) is 6.93. The summed E-state index contributed by atoms with van der Waals surface area (Å²) >= 11 is 6.39. The molecule has 0 unspecified atom stereocenters. The standard InChI is InChI=1S/C15H14ClN3O/c1-11-17-7-8-19(11)14-4-3-12(9-13(14)16)15(18-10-20)5-2-6-15/h3-4,7-9H,2,5-6H2,1H3. The summed E-state index contributed by atoms with van der Waals surface area (Å²) in [6.07, 6.45) is 8.14. The second kappa shape index (κ2) is 4.89. The molecule has 1 aromatic carbocycles. The minimum Gasteiger partial charge on any atom is -0.302 e. The van der Waals surface area contributed by atoms with Crippen LogP contribution < -0.4 is 0 Å². The molecule has 1 saturated carbocycles. The van der Waals surface area contributed by atoms with Crippen molar-refractivity contribution < 1.29 is 4.79 Å². The first kappa shape index (κ1) is 13.1. The highest BCUT2D eigenvalue weighted by Gasteiger charge is 2.39.